The second kappa shape index (κ2) is 9.61. The molecule has 1 fully saturated rings. The topological polar surface area (TPSA) is 79.4 Å². The third-order valence-corrected chi connectivity index (χ3v) is 4.89. The average molecular weight is 383 g/mol. The van der Waals surface area contributed by atoms with Crippen molar-refractivity contribution in [2.45, 2.75) is 27.2 Å². The van der Waals surface area contributed by atoms with Gasteiger partial charge in [-0.25, -0.2) is 9.97 Å². The Morgan fingerprint density at radius 3 is 2.75 bits per heavy atom. The highest BCUT2D eigenvalue weighted by Crippen LogP contribution is 2.22. The van der Waals surface area contributed by atoms with Crippen molar-refractivity contribution in [2.24, 2.45) is 0 Å². The average Bonchev–Trinajstić information content (AvgIpc) is 2.70. The second-order valence-electron chi connectivity index (χ2n) is 6.98. The van der Waals surface area contributed by atoms with Gasteiger partial charge in [0.1, 0.15) is 17.3 Å². The molecular weight excluding hydrogens is 354 g/mol. The van der Waals surface area contributed by atoms with E-state index < -0.39 is 0 Å². The first-order chi connectivity index (χ1) is 13.6. The van der Waals surface area contributed by atoms with E-state index >= 15 is 0 Å². The summed E-state index contributed by atoms with van der Waals surface area (Å²) in [5, 5.41) is 6.34. The van der Waals surface area contributed by atoms with Crippen molar-refractivity contribution >= 4 is 17.4 Å². The number of ether oxygens (including phenoxy) is 1. The predicted octanol–water partition coefficient (Wildman–Crippen LogP) is 2.65. The van der Waals surface area contributed by atoms with Crippen molar-refractivity contribution in [1.82, 2.24) is 14.9 Å². The number of aryl methyl sites for hydroxylation is 3. The van der Waals surface area contributed by atoms with Gasteiger partial charge in [-0.3, -0.25) is 9.69 Å². The first-order valence-corrected chi connectivity index (χ1v) is 9.86. The van der Waals surface area contributed by atoms with E-state index in [0.717, 1.165) is 62.6 Å². The molecule has 1 aliphatic rings. The van der Waals surface area contributed by atoms with E-state index in [1.54, 1.807) is 13.0 Å². The lowest BCUT2D eigenvalue weighted by Crippen LogP contribution is -2.39. The van der Waals surface area contributed by atoms with Crippen molar-refractivity contribution in [1.29, 1.82) is 0 Å². The third-order valence-electron chi connectivity index (χ3n) is 4.89. The lowest BCUT2D eigenvalue weighted by atomic mass is 10.1. The maximum Gasteiger partial charge on any atom is 0.274 e. The number of para-hydroxylation sites is 1. The molecule has 1 aromatic heterocycles. The maximum absolute atomic E-state index is 12.8. The van der Waals surface area contributed by atoms with Crippen LogP contribution in [0.3, 0.4) is 0 Å². The van der Waals surface area contributed by atoms with Crippen LogP contribution in [0.25, 0.3) is 0 Å². The standard InChI is InChI=1S/C21H29N5O2/c1-4-17-7-5-6-15(2)20(17)25-21(27)18-14-19(24-16(3)23-18)22-8-9-26-10-12-28-13-11-26/h5-7,14H,4,8-13H2,1-3H3,(H,25,27)(H,22,23,24). The number of morpholine rings is 1. The minimum absolute atomic E-state index is 0.217. The monoisotopic (exact) mass is 383 g/mol. The Kier molecular flexibility index (Phi) is 6.95. The number of nitrogens with zero attached hydrogens (tertiary/aromatic N) is 3. The van der Waals surface area contributed by atoms with E-state index in [1.807, 2.05) is 25.1 Å². The largest absolute Gasteiger partial charge is 0.379 e. The van der Waals surface area contributed by atoms with Crippen molar-refractivity contribution in [3.8, 4) is 0 Å². The molecule has 1 aromatic carbocycles. The fourth-order valence-electron chi connectivity index (χ4n) is 3.32. The van der Waals surface area contributed by atoms with Crippen LogP contribution in [0.15, 0.2) is 24.3 Å². The van der Waals surface area contributed by atoms with Crippen molar-refractivity contribution in [3.05, 3.63) is 46.9 Å². The highest BCUT2D eigenvalue weighted by atomic mass is 16.5. The van der Waals surface area contributed by atoms with Crippen LogP contribution in [0.5, 0.6) is 0 Å². The summed E-state index contributed by atoms with van der Waals surface area (Å²) in [7, 11) is 0. The Morgan fingerprint density at radius 1 is 1.21 bits per heavy atom. The zero-order chi connectivity index (χ0) is 19.9. The summed E-state index contributed by atoms with van der Waals surface area (Å²) in [6, 6.07) is 7.76. The highest BCUT2D eigenvalue weighted by molar-refractivity contribution is 6.04. The minimum Gasteiger partial charge on any atom is -0.379 e. The van der Waals surface area contributed by atoms with E-state index in [9.17, 15) is 4.79 Å². The normalized spacial score (nSPS) is 14.7. The van der Waals surface area contributed by atoms with Gasteiger partial charge in [0.05, 0.1) is 13.2 Å². The molecule has 0 saturated carbocycles. The molecule has 0 atom stereocenters. The SMILES string of the molecule is CCc1cccc(C)c1NC(=O)c1cc(NCCN2CCOCC2)nc(C)n1. The molecule has 0 spiro atoms. The molecule has 2 N–H and O–H groups in total. The van der Waals surface area contributed by atoms with Gasteiger partial charge in [0.15, 0.2) is 0 Å². The van der Waals surface area contributed by atoms with Crippen LogP contribution in [-0.2, 0) is 11.2 Å². The van der Waals surface area contributed by atoms with Crippen LogP contribution in [0.1, 0.15) is 34.4 Å². The van der Waals surface area contributed by atoms with Gasteiger partial charge < -0.3 is 15.4 Å². The van der Waals surface area contributed by atoms with Crippen molar-refractivity contribution < 1.29 is 9.53 Å². The van der Waals surface area contributed by atoms with Gasteiger partial charge in [0.2, 0.25) is 0 Å². The third kappa shape index (κ3) is 5.27. The number of hydrogen-bond acceptors (Lipinski definition) is 6. The van der Waals surface area contributed by atoms with Gasteiger partial charge in [0.25, 0.3) is 5.91 Å². The number of carbonyl (C=O) groups excluding carboxylic acids is 1. The molecule has 0 aliphatic carbocycles. The molecular formula is C21H29N5O2. The number of rotatable bonds is 7. The second-order valence-corrected chi connectivity index (χ2v) is 6.98. The maximum atomic E-state index is 12.8. The van der Waals surface area contributed by atoms with Crippen LogP contribution >= 0.6 is 0 Å². The number of aromatic nitrogens is 2. The fraction of sp³-hybridized carbons (Fsp3) is 0.476. The fourth-order valence-corrected chi connectivity index (χ4v) is 3.32. The smallest absolute Gasteiger partial charge is 0.274 e. The summed E-state index contributed by atoms with van der Waals surface area (Å²) in [6.07, 6.45) is 0.856. The Balaban J connectivity index is 1.66. The summed E-state index contributed by atoms with van der Waals surface area (Å²) in [5.74, 6) is 1.03. The zero-order valence-corrected chi connectivity index (χ0v) is 16.9. The van der Waals surface area contributed by atoms with Gasteiger partial charge in [-0.2, -0.15) is 0 Å². The Morgan fingerprint density at radius 2 is 2.00 bits per heavy atom. The van der Waals surface area contributed by atoms with E-state index in [4.69, 9.17) is 4.74 Å². The summed E-state index contributed by atoms with van der Waals surface area (Å²) in [4.78, 5) is 23.9. The Hall–Kier alpha value is -2.51. The van der Waals surface area contributed by atoms with Crippen LogP contribution in [-0.4, -0.2) is 60.2 Å². The molecule has 0 bridgehead atoms. The van der Waals surface area contributed by atoms with E-state index in [1.165, 1.54) is 0 Å². The van der Waals surface area contributed by atoms with Gasteiger partial charge >= 0.3 is 0 Å². The molecule has 3 rings (SSSR count). The highest BCUT2D eigenvalue weighted by Gasteiger charge is 2.14. The summed E-state index contributed by atoms with van der Waals surface area (Å²) in [5.41, 5.74) is 3.39. The molecule has 1 aliphatic heterocycles. The van der Waals surface area contributed by atoms with Gasteiger partial charge in [0, 0.05) is 37.9 Å². The molecule has 28 heavy (non-hydrogen) atoms. The van der Waals surface area contributed by atoms with E-state index in [-0.39, 0.29) is 5.91 Å². The lowest BCUT2D eigenvalue weighted by Gasteiger charge is -2.26. The first-order valence-electron chi connectivity index (χ1n) is 9.86. The zero-order valence-electron chi connectivity index (χ0n) is 16.9. The number of hydrogen-bond donors (Lipinski definition) is 2. The predicted molar refractivity (Wildman–Crippen MR) is 111 cm³/mol. The summed E-state index contributed by atoms with van der Waals surface area (Å²) < 4.78 is 5.37. The molecule has 150 valence electrons. The Labute approximate surface area is 166 Å². The number of benzene rings is 1. The molecule has 1 amide bonds. The van der Waals surface area contributed by atoms with Gasteiger partial charge in [-0.1, -0.05) is 25.1 Å². The quantitative estimate of drug-likeness (QED) is 0.765. The van der Waals surface area contributed by atoms with E-state index in [2.05, 4.69) is 32.4 Å². The van der Waals surface area contributed by atoms with Gasteiger partial charge in [-0.05, 0) is 31.4 Å². The lowest BCUT2D eigenvalue weighted by molar-refractivity contribution is 0.0398. The van der Waals surface area contributed by atoms with Crippen LogP contribution in [0, 0.1) is 13.8 Å². The Bertz CT molecular complexity index is 818. The number of carbonyl (C=O) groups is 1. The molecule has 7 heteroatoms. The molecule has 0 radical (unpaired) electrons. The first kappa shape index (κ1) is 20.2. The molecule has 2 heterocycles. The molecule has 7 nitrogen and oxygen atoms in total. The molecule has 1 saturated heterocycles. The van der Waals surface area contributed by atoms with Crippen molar-refractivity contribution in [2.75, 3.05) is 50.0 Å². The minimum atomic E-state index is -0.217. The van der Waals surface area contributed by atoms with Gasteiger partial charge in [-0.15, -0.1) is 0 Å². The van der Waals surface area contributed by atoms with Crippen LogP contribution < -0.4 is 10.6 Å². The van der Waals surface area contributed by atoms with Crippen molar-refractivity contribution in [3.63, 3.8) is 0 Å². The molecule has 0 unspecified atom stereocenters. The van der Waals surface area contributed by atoms with Crippen LogP contribution in [0.4, 0.5) is 11.5 Å². The number of amides is 1. The van der Waals surface area contributed by atoms with E-state index in [0.29, 0.717) is 17.3 Å². The number of anilines is 2. The number of nitrogens with one attached hydrogen (secondary N) is 2. The summed E-state index contributed by atoms with van der Waals surface area (Å²) >= 11 is 0. The molecule has 2 aromatic rings. The summed E-state index contributed by atoms with van der Waals surface area (Å²) in [6.45, 7) is 11.0. The van der Waals surface area contributed by atoms with Crippen LogP contribution in [0.2, 0.25) is 0 Å².